The van der Waals surface area contributed by atoms with Crippen molar-refractivity contribution in [2.24, 2.45) is 16.6 Å². The van der Waals surface area contributed by atoms with Crippen LogP contribution in [0.1, 0.15) is 91.9 Å². The topological polar surface area (TPSA) is 163 Å². The molecule has 11 nitrogen and oxygen atoms in total. The van der Waals surface area contributed by atoms with Crippen molar-refractivity contribution in [1.29, 1.82) is 0 Å². The van der Waals surface area contributed by atoms with E-state index in [9.17, 15) is 24.0 Å². The SMILES string of the molecule is C=CCNC(=O)C(=O)C(CCC)NC(=O)[C@@H]1CCCN1C(=O)CC1(CNC(=O)N[C@H](CN)C(C)(C)C)CCCCC1. The summed E-state index contributed by atoms with van der Waals surface area (Å²) in [6.07, 6.45) is 8.47. The number of carbonyl (C=O) groups excluding carboxylic acids is 5. The molecule has 0 aromatic heterocycles. The van der Waals surface area contributed by atoms with Crippen molar-refractivity contribution in [2.45, 2.75) is 110 Å². The van der Waals surface area contributed by atoms with Crippen LogP contribution in [0.5, 0.6) is 0 Å². The van der Waals surface area contributed by atoms with Crippen molar-refractivity contribution < 1.29 is 24.0 Å². The minimum atomic E-state index is -0.951. The number of nitrogens with zero attached hydrogens (tertiary/aromatic N) is 1. The molecule has 41 heavy (non-hydrogen) atoms. The smallest absolute Gasteiger partial charge is 0.315 e. The van der Waals surface area contributed by atoms with Crippen molar-refractivity contribution >= 4 is 29.5 Å². The van der Waals surface area contributed by atoms with Gasteiger partial charge in [0.15, 0.2) is 0 Å². The quantitative estimate of drug-likeness (QED) is 0.157. The Hall–Kier alpha value is -2.95. The Morgan fingerprint density at radius 1 is 1.05 bits per heavy atom. The van der Waals surface area contributed by atoms with Crippen LogP contribution < -0.4 is 27.0 Å². The van der Waals surface area contributed by atoms with E-state index in [1.54, 1.807) is 4.90 Å². The van der Waals surface area contributed by atoms with E-state index in [0.717, 1.165) is 32.1 Å². The average molecular weight is 577 g/mol. The van der Waals surface area contributed by atoms with Crippen molar-refractivity contribution in [3.05, 3.63) is 12.7 Å². The molecule has 0 spiro atoms. The summed E-state index contributed by atoms with van der Waals surface area (Å²) in [5.41, 5.74) is 5.30. The minimum Gasteiger partial charge on any atom is -0.346 e. The van der Waals surface area contributed by atoms with Gasteiger partial charge in [-0.15, -0.1) is 6.58 Å². The van der Waals surface area contributed by atoms with Crippen LogP contribution in [0.25, 0.3) is 0 Å². The zero-order chi connectivity index (χ0) is 30.6. The van der Waals surface area contributed by atoms with Crippen LogP contribution in [0.2, 0.25) is 0 Å². The zero-order valence-electron chi connectivity index (χ0n) is 25.5. The normalized spacial score (nSPS) is 19.9. The largest absolute Gasteiger partial charge is 0.346 e. The molecule has 0 aromatic rings. The van der Waals surface area contributed by atoms with Gasteiger partial charge < -0.3 is 31.9 Å². The van der Waals surface area contributed by atoms with Gasteiger partial charge in [-0.3, -0.25) is 19.2 Å². The first-order valence-electron chi connectivity index (χ1n) is 15.1. The van der Waals surface area contributed by atoms with E-state index in [1.165, 1.54) is 6.08 Å². The number of carbonyl (C=O) groups is 5. The molecule has 5 amide bonds. The third-order valence-electron chi connectivity index (χ3n) is 8.37. The van der Waals surface area contributed by atoms with Gasteiger partial charge in [-0.2, -0.15) is 0 Å². The molecule has 0 bridgehead atoms. The van der Waals surface area contributed by atoms with Crippen molar-refractivity contribution in [2.75, 3.05) is 26.2 Å². The molecule has 0 radical (unpaired) electrons. The fourth-order valence-electron chi connectivity index (χ4n) is 5.82. The number of hydrogen-bond donors (Lipinski definition) is 5. The highest BCUT2D eigenvalue weighted by Gasteiger charge is 2.41. The fraction of sp³-hybridized carbons (Fsp3) is 0.767. The van der Waals surface area contributed by atoms with Gasteiger partial charge in [-0.05, 0) is 42.9 Å². The second-order valence-corrected chi connectivity index (χ2v) is 12.7. The summed E-state index contributed by atoms with van der Waals surface area (Å²) in [4.78, 5) is 66.3. The summed E-state index contributed by atoms with van der Waals surface area (Å²) in [7, 11) is 0. The molecule has 1 aliphatic carbocycles. The van der Waals surface area contributed by atoms with Gasteiger partial charge in [0.05, 0.1) is 6.04 Å². The van der Waals surface area contributed by atoms with Gasteiger partial charge in [0.1, 0.15) is 6.04 Å². The van der Waals surface area contributed by atoms with Gasteiger partial charge in [0, 0.05) is 38.6 Å². The Morgan fingerprint density at radius 3 is 2.32 bits per heavy atom. The van der Waals surface area contributed by atoms with Gasteiger partial charge in [0.25, 0.3) is 5.91 Å². The second-order valence-electron chi connectivity index (χ2n) is 12.7. The lowest BCUT2D eigenvalue weighted by atomic mass is 9.71. The highest BCUT2D eigenvalue weighted by molar-refractivity contribution is 6.38. The first kappa shape index (κ1) is 34.3. The molecule has 2 rings (SSSR count). The van der Waals surface area contributed by atoms with E-state index >= 15 is 0 Å². The Kier molecular flexibility index (Phi) is 13.3. The van der Waals surface area contributed by atoms with E-state index in [1.807, 2.05) is 27.7 Å². The number of nitrogens with one attached hydrogen (secondary N) is 4. The first-order chi connectivity index (χ1) is 19.4. The van der Waals surface area contributed by atoms with Crippen molar-refractivity contribution in [1.82, 2.24) is 26.2 Å². The lowest BCUT2D eigenvalue weighted by Gasteiger charge is -2.39. The Bertz CT molecular complexity index is 940. The Balaban J connectivity index is 2.07. The second kappa shape index (κ2) is 15.9. The molecule has 3 atom stereocenters. The predicted octanol–water partition coefficient (Wildman–Crippen LogP) is 2.15. The number of rotatable bonds is 14. The first-order valence-corrected chi connectivity index (χ1v) is 15.1. The molecule has 1 saturated carbocycles. The molecular formula is C30H52N6O5. The summed E-state index contributed by atoms with van der Waals surface area (Å²) < 4.78 is 0. The van der Waals surface area contributed by atoms with Crippen LogP contribution >= 0.6 is 0 Å². The maximum absolute atomic E-state index is 13.7. The number of ketones is 1. The molecule has 1 heterocycles. The van der Waals surface area contributed by atoms with E-state index in [2.05, 4.69) is 27.8 Å². The van der Waals surface area contributed by atoms with Gasteiger partial charge >= 0.3 is 6.03 Å². The van der Waals surface area contributed by atoms with E-state index < -0.39 is 29.7 Å². The third kappa shape index (κ3) is 10.1. The Labute approximate surface area is 245 Å². The summed E-state index contributed by atoms with van der Waals surface area (Å²) in [5.74, 6) is -2.00. The molecule has 1 aliphatic heterocycles. The third-order valence-corrected chi connectivity index (χ3v) is 8.37. The molecule has 232 valence electrons. The van der Waals surface area contributed by atoms with E-state index in [0.29, 0.717) is 45.3 Å². The highest BCUT2D eigenvalue weighted by atomic mass is 16.2. The predicted molar refractivity (Wildman–Crippen MR) is 159 cm³/mol. The van der Waals surface area contributed by atoms with Crippen LogP contribution in [0.4, 0.5) is 4.79 Å². The summed E-state index contributed by atoms with van der Waals surface area (Å²) in [5, 5.41) is 11.2. The number of likely N-dealkylation sites (tertiary alicyclic amines) is 1. The van der Waals surface area contributed by atoms with Crippen LogP contribution in [0.3, 0.4) is 0 Å². The summed E-state index contributed by atoms with van der Waals surface area (Å²) in [6, 6.07) is -2.13. The molecular weight excluding hydrogens is 524 g/mol. The van der Waals surface area contributed by atoms with Gasteiger partial charge in [-0.25, -0.2) is 4.79 Å². The minimum absolute atomic E-state index is 0.122. The monoisotopic (exact) mass is 576 g/mol. The van der Waals surface area contributed by atoms with Gasteiger partial charge in [0.2, 0.25) is 17.6 Å². The molecule has 2 aliphatic rings. The highest BCUT2D eigenvalue weighted by Crippen LogP contribution is 2.40. The van der Waals surface area contributed by atoms with Crippen LogP contribution in [0.15, 0.2) is 12.7 Å². The van der Waals surface area contributed by atoms with Crippen LogP contribution in [-0.4, -0.2) is 78.7 Å². The van der Waals surface area contributed by atoms with Crippen molar-refractivity contribution in [3.63, 3.8) is 0 Å². The molecule has 6 N–H and O–H groups in total. The maximum Gasteiger partial charge on any atom is 0.315 e. The maximum atomic E-state index is 13.7. The Morgan fingerprint density at radius 2 is 1.73 bits per heavy atom. The molecule has 0 aromatic carbocycles. The summed E-state index contributed by atoms with van der Waals surface area (Å²) in [6.45, 7) is 12.8. The standard InChI is InChI=1S/C30H52N6O5/c1-6-12-21(25(38)27(40)32-16-7-2)34-26(39)22-13-11-17-36(22)24(37)18-30(14-9-8-10-15-30)20-33-28(41)35-23(19-31)29(3,4)5/h7,21-23H,2,6,8-20,31H2,1,3-5H3,(H,32,40)(H,34,39)(H2,33,35,41)/t21?,22-,23+/m0/s1. The average Bonchev–Trinajstić information content (AvgIpc) is 3.43. The number of Topliss-reactive ketones (excluding diaryl/α,β-unsaturated/α-hetero) is 1. The lowest BCUT2D eigenvalue weighted by Crippen LogP contribution is -2.55. The molecule has 2 fully saturated rings. The van der Waals surface area contributed by atoms with E-state index in [4.69, 9.17) is 5.73 Å². The number of urea groups is 1. The number of nitrogens with two attached hydrogens (primary N) is 1. The van der Waals surface area contributed by atoms with Gasteiger partial charge in [-0.1, -0.05) is 59.5 Å². The zero-order valence-corrected chi connectivity index (χ0v) is 25.5. The fourth-order valence-corrected chi connectivity index (χ4v) is 5.82. The van der Waals surface area contributed by atoms with Crippen molar-refractivity contribution in [3.8, 4) is 0 Å². The lowest BCUT2D eigenvalue weighted by molar-refractivity contribution is -0.143. The van der Waals surface area contributed by atoms with Crippen LogP contribution in [-0.2, 0) is 19.2 Å². The molecule has 1 saturated heterocycles. The summed E-state index contributed by atoms with van der Waals surface area (Å²) >= 11 is 0. The molecule has 1 unspecified atom stereocenters. The van der Waals surface area contributed by atoms with E-state index in [-0.39, 0.29) is 41.8 Å². The molecule has 11 heteroatoms. The van der Waals surface area contributed by atoms with Crippen LogP contribution in [0, 0.1) is 10.8 Å². The number of hydrogen-bond acceptors (Lipinski definition) is 6. The number of amides is 5.